The summed E-state index contributed by atoms with van der Waals surface area (Å²) in [5.74, 6) is -0.735. The van der Waals surface area contributed by atoms with Gasteiger partial charge in [0.05, 0.1) is 4.90 Å². The van der Waals surface area contributed by atoms with Crippen LogP contribution in [0.15, 0.2) is 59.8 Å². The van der Waals surface area contributed by atoms with E-state index in [1.54, 1.807) is 4.72 Å². The summed E-state index contributed by atoms with van der Waals surface area (Å²) in [6.45, 7) is 0.694. The van der Waals surface area contributed by atoms with Crippen molar-refractivity contribution in [2.24, 2.45) is 0 Å². The van der Waals surface area contributed by atoms with Gasteiger partial charge in [-0.2, -0.15) is 17.9 Å². The lowest BCUT2D eigenvalue weighted by Gasteiger charge is -2.19. The molecule has 0 radical (unpaired) electrons. The van der Waals surface area contributed by atoms with Crippen molar-refractivity contribution in [1.82, 2.24) is 14.7 Å². The van der Waals surface area contributed by atoms with Gasteiger partial charge in [0.2, 0.25) is 10.0 Å². The number of rotatable bonds is 5. The zero-order valence-corrected chi connectivity index (χ0v) is 16.3. The molecule has 1 heterocycles. The van der Waals surface area contributed by atoms with E-state index in [9.17, 15) is 26.0 Å². The molecule has 6 nitrogen and oxygen atoms in total. The number of benzene rings is 2. The first-order valence-corrected chi connectivity index (χ1v) is 10.0. The predicted molar refractivity (Wildman–Crippen MR) is 103 cm³/mol. The molecule has 0 aliphatic rings. The summed E-state index contributed by atoms with van der Waals surface area (Å²) in [5.41, 5.74) is 6.07. The molecule has 3 aromatic rings. The SMILES string of the molecule is C[C@H](NS(=O)(=O)c1ccccc1-c1ccc(-c2nccnc2N)c(F)c1)C(F)(F)F. The molecule has 0 unspecified atom stereocenters. The highest BCUT2D eigenvalue weighted by atomic mass is 32.2. The number of aromatic nitrogens is 2. The van der Waals surface area contributed by atoms with Crippen LogP contribution in [0.2, 0.25) is 0 Å². The van der Waals surface area contributed by atoms with E-state index in [1.807, 2.05) is 0 Å². The maximum atomic E-state index is 14.8. The minimum Gasteiger partial charge on any atom is -0.382 e. The largest absolute Gasteiger partial charge is 0.404 e. The van der Waals surface area contributed by atoms with Crippen molar-refractivity contribution in [2.45, 2.75) is 24.0 Å². The number of halogens is 4. The van der Waals surface area contributed by atoms with E-state index in [0.717, 1.165) is 12.1 Å². The lowest BCUT2D eigenvalue weighted by atomic mass is 10.0. The molecule has 11 heteroatoms. The Bertz CT molecular complexity index is 1180. The van der Waals surface area contributed by atoms with Crippen LogP contribution < -0.4 is 10.5 Å². The summed E-state index contributed by atoms with van der Waals surface area (Å²) in [7, 11) is -4.54. The van der Waals surface area contributed by atoms with Gasteiger partial charge in [-0.3, -0.25) is 4.98 Å². The second-order valence-electron chi connectivity index (χ2n) is 6.37. The molecule has 1 aromatic heterocycles. The predicted octanol–water partition coefficient (Wildman–Crippen LogP) is 3.76. The summed E-state index contributed by atoms with van der Waals surface area (Å²) in [6, 6.07) is 6.91. The normalized spacial score (nSPS) is 13.2. The Labute approximate surface area is 169 Å². The maximum Gasteiger partial charge on any atom is 0.404 e. The smallest absolute Gasteiger partial charge is 0.382 e. The van der Waals surface area contributed by atoms with Crippen LogP contribution in [0.5, 0.6) is 0 Å². The van der Waals surface area contributed by atoms with Crippen LogP contribution in [0.25, 0.3) is 22.4 Å². The number of nitrogen functional groups attached to an aromatic ring is 1. The average molecular weight is 440 g/mol. The molecule has 0 saturated carbocycles. The van der Waals surface area contributed by atoms with Gasteiger partial charge in [0, 0.05) is 23.5 Å². The van der Waals surface area contributed by atoms with Crippen molar-refractivity contribution in [1.29, 1.82) is 0 Å². The topological polar surface area (TPSA) is 98.0 Å². The lowest BCUT2D eigenvalue weighted by Crippen LogP contribution is -2.43. The molecule has 0 fully saturated rings. The summed E-state index contributed by atoms with van der Waals surface area (Å²) >= 11 is 0. The van der Waals surface area contributed by atoms with Crippen molar-refractivity contribution in [2.75, 3.05) is 5.73 Å². The number of nitrogens with one attached hydrogen (secondary N) is 1. The first-order valence-electron chi connectivity index (χ1n) is 8.55. The van der Waals surface area contributed by atoms with Gasteiger partial charge in [0.1, 0.15) is 23.4 Å². The highest BCUT2D eigenvalue weighted by Gasteiger charge is 2.39. The molecule has 0 aliphatic heterocycles. The molecule has 0 spiro atoms. The van der Waals surface area contributed by atoms with Crippen LogP contribution in [0.3, 0.4) is 0 Å². The Morgan fingerprint density at radius 1 is 1.03 bits per heavy atom. The molecule has 30 heavy (non-hydrogen) atoms. The fourth-order valence-corrected chi connectivity index (χ4v) is 4.19. The van der Waals surface area contributed by atoms with Crippen molar-refractivity contribution in [3.8, 4) is 22.4 Å². The Morgan fingerprint density at radius 3 is 2.33 bits per heavy atom. The molecule has 0 amide bonds. The number of nitrogens with zero attached hydrogens (tertiary/aromatic N) is 2. The quantitative estimate of drug-likeness (QED) is 0.589. The highest BCUT2D eigenvalue weighted by Crippen LogP contribution is 2.32. The van der Waals surface area contributed by atoms with Crippen LogP contribution in [0.1, 0.15) is 6.92 Å². The minimum atomic E-state index is -4.76. The first kappa shape index (κ1) is 21.7. The molecule has 0 bridgehead atoms. The van der Waals surface area contributed by atoms with E-state index in [1.165, 1.54) is 42.7 Å². The van der Waals surface area contributed by atoms with Crippen molar-refractivity contribution in [3.63, 3.8) is 0 Å². The van der Waals surface area contributed by atoms with Crippen LogP contribution in [-0.4, -0.2) is 30.6 Å². The number of sulfonamides is 1. The van der Waals surface area contributed by atoms with Gasteiger partial charge in [0.25, 0.3) is 0 Å². The standard InChI is InChI=1S/C19H16F4N4O2S/c1-11(19(21,22)23)27-30(28,29)16-5-3-2-4-13(16)12-6-7-14(15(20)10-12)17-18(24)26-9-8-25-17/h2-11,27H,1H3,(H2,24,26)/t11-/m0/s1. The summed E-state index contributed by atoms with van der Waals surface area (Å²) in [6.07, 6.45) is -2.07. The van der Waals surface area contributed by atoms with Gasteiger partial charge in [-0.25, -0.2) is 17.8 Å². The lowest BCUT2D eigenvalue weighted by molar-refractivity contribution is -0.147. The van der Waals surface area contributed by atoms with Crippen molar-refractivity contribution >= 4 is 15.8 Å². The molecular weight excluding hydrogens is 424 g/mol. The number of alkyl halides is 3. The highest BCUT2D eigenvalue weighted by molar-refractivity contribution is 7.89. The summed E-state index contributed by atoms with van der Waals surface area (Å²) in [4.78, 5) is 7.41. The molecule has 3 rings (SSSR count). The summed E-state index contributed by atoms with van der Waals surface area (Å²) in [5, 5.41) is 0. The molecule has 0 saturated heterocycles. The van der Waals surface area contributed by atoms with Gasteiger partial charge in [-0.1, -0.05) is 24.3 Å². The fourth-order valence-electron chi connectivity index (χ4n) is 2.73. The van der Waals surface area contributed by atoms with Gasteiger partial charge in [0.15, 0.2) is 0 Å². The van der Waals surface area contributed by atoms with E-state index in [4.69, 9.17) is 5.73 Å². The van der Waals surface area contributed by atoms with Gasteiger partial charge in [-0.05, 0) is 30.7 Å². The van der Waals surface area contributed by atoms with Gasteiger partial charge >= 0.3 is 6.18 Å². The Kier molecular flexibility index (Phi) is 5.77. The summed E-state index contributed by atoms with van der Waals surface area (Å²) < 4.78 is 79.9. The fraction of sp³-hybridized carbons (Fsp3) is 0.158. The monoisotopic (exact) mass is 440 g/mol. The molecule has 1 atom stereocenters. The van der Waals surface area contributed by atoms with E-state index < -0.39 is 33.0 Å². The zero-order chi connectivity index (χ0) is 22.1. The Balaban J connectivity index is 2.04. The number of hydrogen-bond acceptors (Lipinski definition) is 5. The third-order valence-electron chi connectivity index (χ3n) is 4.26. The molecule has 2 aromatic carbocycles. The Morgan fingerprint density at radius 2 is 1.70 bits per heavy atom. The van der Waals surface area contributed by atoms with E-state index in [0.29, 0.717) is 6.92 Å². The zero-order valence-electron chi connectivity index (χ0n) is 15.5. The second-order valence-corrected chi connectivity index (χ2v) is 8.05. The molecule has 3 N–H and O–H groups in total. The number of hydrogen-bond donors (Lipinski definition) is 2. The number of anilines is 1. The molecular formula is C19H16F4N4O2S. The molecule has 158 valence electrons. The third-order valence-corrected chi connectivity index (χ3v) is 5.86. The van der Waals surface area contributed by atoms with Crippen LogP contribution >= 0.6 is 0 Å². The van der Waals surface area contributed by atoms with Crippen molar-refractivity contribution in [3.05, 3.63) is 60.7 Å². The third kappa shape index (κ3) is 4.41. The van der Waals surface area contributed by atoms with Gasteiger partial charge < -0.3 is 5.73 Å². The average Bonchev–Trinajstić information content (AvgIpc) is 2.67. The molecule has 0 aliphatic carbocycles. The van der Waals surface area contributed by atoms with E-state index in [2.05, 4.69) is 9.97 Å². The number of nitrogens with two attached hydrogens (primary N) is 1. The van der Waals surface area contributed by atoms with E-state index in [-0.39, 0.29) is 28.2 Å². The van der Waals surface area contributed by atoms with Crippen LogP contribution in [0, 0.1) is 5.82 Å². The minimum absolute atomic E-state index is 0.0115. The van der Waals surface area contributed by atoms with Gasteiger partial charge in [-0.15, -0.1) is 0 Å². The van der Waals surface area contributed by atoms with Crippen LogP contribution in [-0.2, 0) is 10.0 Å². The Hall–Kier alpha value is -3.05. The van der Waals surface area contributed by atoms with E-state index >= 15 is 0 Å². The first-order chi connectivity index (χ1) is 14.0. The van der Waals surface area contributed by atoms with Crippen LogP contribution in [0.4, 0.5) is 23.4 Å². The van der Waals surface area contributed by atoms with Crippen molar-refractivity contribution < 1.29 is 26.0 Å². The maximum absolute atomic E-state index is 14.8. The second kappa shape index (κ2) is 8.00.